The predicted octanol–water partition coefficient (Wildman–Crippen LogP) is 0.149. The number of rotatable bonds is 17. The van der Waals surface area contributed by atoms with Gasteiger partial charge in [-0.2, -0.15) is 9.97 Å². The lowest BCUT2D eigenvalue weighted by atomic mass is 10.0. The number of carbonyl (C=O) groups is 2. The van der Waals surface area contributed by atoms with Crippen LogP contribution in [0, 0.1) is 0 Å². The molecule has 0 saturated carbocycles. The number of amides is 1. The minimum atomic E-state index is -0.364. The van der Waals surface area contributed by atoms with Crippen LogP contribution in [0.4, 0.5) is 5.82 Å². The lowest BCUT2D eigenvalue weighted by Crippen LogP contribution is -2.28. The smallest absolute Gasteiger partial charge is 0.328 e. The number of H-pyrrole nitrogens is 1. The standard InChI is InChI=1S/C25H35N7O6/c1-36-14-15-38-24-30-22(27)21-23(31-24)32(25(35)29-21)16-18-4-2-17(3-5-18)6-7-19(33)8-9-20(34)28-11-13-37-12-10-26/h2-5H,6-16,26H2,1H3,(H,28,34)(H,29,35)(H2,27,30,31). The number of anilines is 1. The highest BCUT2D eigenvalue weighted by molar-refractivity contribution is 5.85. The van der Waals surface area contributed by atoms with Crippen LogP contribution >= 0.6 is 0 Å². The monoisotopic (exact) mass is 529 g/mol. The number of ether oxygens (including phenoxy) is 3. The van der Waals surface area contributed by atoms with Crippen molar-refractivity contribution in [1.82, 2.24) is 24.8 Å². The summed E-state index contributed by atoms with van der Waals surface area (Å²) in [5.41, 5.74) is 13.5. The maximum absolute atomic E-state index is 12.6. The van der Waals surface area contributed by atoms with E-state index in [1.165, 1.54) is 4.57 Å². The molecule has 1 amide bonds. The van der Waals surface area contributed by atoms with Crippen LogP contribution in [-0.4, -0.2) is 77.8 Å². The van der Waals surface area contributed by atoms with E-state index in [-0.39, 0.29) is 55.2 Å². The van der Waals surface area contributed by atoms with Crippen molar-refractivity contribution in [3.8, 4) is 6.01 Å². The molecule has 3 aromatic rings. The molecule has 0 spiro atoms. The van der Waals surface area contributed by atoms with Crippen LogP contribution in [0.15, 0.2) is 29.1 Å². The number of hydrogen-bond donors (Lipinski definition) is 4. The minimum absolute atomic E-state index is 0.0229. The van der Waals surface area contributed by atoms with E-state index in [1.54, 1.807) is 7.11 Å². The maximum atomic E-state index is 12.6. The van der Waals surface area contributed by atoms with Crippen molar-refractivity contribution in [3.05, 3.63) is 45.9 Å². The van der Waals surface area contributed by atoms with Gasteiger partial charge in [-0.3, -0.25) is 14.2 Å². The first-order chi connectivity index (χ1) is 18.4. The molecule has 13 heteroatoms. The summed E-state index contributed by atoms with van der Waals surface area (Å²) in [6, 6.07) is 7.68. The Kier molecular flexibility index (Phi) is 11.2. The SMILES string of the molecule is COCCOc1nc(N)c2[nH]c(=O)n(Cc3ccc(CCC(=O)CCC(=O)NCCOCCN)cc3)c2n1. The number of methoxy groups -OCH3 is 1. The van der Waals surface area contributed by atoms with Gasteiger partial charge in [0.15, 0.2) is 11.5 Å². The van der Waals surface area contributed by atoms with E-state index >= 15 is 0 Å². The number of aryl methyl sites for hydroxylation is 1. The summed E-state index contributed by atoms with van der Waals surface area (Å²) in [5, 5.41) is 2.72. The number of fused-ring (bicyclic) bond motifs is 1. The molecule has 38 heavy (non-hydrogen) atoms. The van der Waals surface area contributed by atoms with Gasteiger partial charge in [-0.25, -0.2) is 4.79 Å². The van der Waals surface area contributed by atoms with Crippen LogP contribution in [-0.2, 0) is 32.0 Å². The number of nitrogens with two attached hydrogens (primary N) is 2. The number of carbonyl (C=O) groups excluding carboxylic acids is 2. The average Bonchev–Trinajstić information content (AvgIpc) is 3.22. The summed E-state index contributed by atoms with van der Waals surface area (Å²) < 4.78 is 17.1. The Morgan fingerprint density at radius 2 is 1.79 bits per heavy atom. The Morgan fingerprint density at radius 1 is 1.03 bits per heavy atom. The van der Waals surface area contributed by atoms with Gasteiger partial charge < -0.3 is 36.0 Å². The van der Waals surface area contributed by atoms with Crippen molar-refractivity contribution in [2.24, 2.45) is 5.73 Å². The van der Waals surface area contributed by atoms with Crippen LogP contribution in [0.2, 0.25) is 0 Å². The number of Topliss-reactive ketones (excluding diaryl/α,β-unsaturated/α-hetero) is 1. The van der Waals surface area contributed by atoms with E-state index in [2.05, 4.69) is 20.3 Å². The first-order valence-corrected chi connectivity index (χ1v) is 12.4. The van der Waals surface area contributed by atoms with Crippen LogP contribution in [0.3, 0.4) is 0 Å². The van der Waals surface area contributed by atoms with Gasteiger partial charge in [-0.05, 0) is 17.5 Å². The fourth-order valence-corrected chi connectivity index (χ4v) is 3.65. The Labute approximate surface area is 219 Å². The van der Waals surface area contributed by atoms with Crippen molar-refractivity contribution in [1.29, 1.82) is 0 Å². The number of nitrogen functional groups attached to an aromatic ring is 1. The molecule has 3 rings (SSSR count). The topological polar surface area (TPSA) is 189 Å². The molecule has 1 aromatic carbocycles. The summed E-state index contributed by atoms with van der Waals surface area (Å²) in [6.45, 7) is 2.55. The summed E-state index contributed by atoms with van der Waals surface area (Å²) in [7, 11) is 1.56. The minimum Gasteiger partial charge on any atom is -0.461 e. The second-order valence-electron chi connectivity index (χ2n) is 8.55. The zero-order valence-electron chi connectivity index (χ0n) is 21.5. The molecule has 0 aliphatic heterocycles. The van der Waals surface area contributed by atoms with Crippen molar-refractivity contribution in [3.63, 3.8) is 0 Å². The van der Waals surface area contributed by atoms with E-state index in [1.807, 2.05) is 24.3 Å². The van der Waals surface area contributed by atoms with Gasteiger partial charge in [0.2, 0.25) is 5.91 Å². The predicted molar refractivity (Wildman–Crippen MR) is 141 cm³/mol. The zero-order chi connectivity index (χ0) is 27.3. The second kappa shape index (κ2) is 14.8. The number of benzene rings is 1. The average molecular weight is 530 g/mol. The molecule has 6 N–H and O–H groups in total. The van der Waals surface area contributed by atoms with Gasteiger partial charge >= 0.3 is 11.7 Å². The summed E-state index contributed by atoms with van der Waals surface area (Å²) in [4.78, 5) is 47.7. The van der Waals surface area contributed by atoms with Crippen LogP contribution in [0.1, 0.15) is 30.4 Å². The molecule has 0 atom stereocenters. The number of nitrogens with zero attached hydrogens (tertiary/aromatic N) is 3. The van der Waals surface area contributed by atoms with Gasteiger partial charge in [0.1, 0.15) is 17.9 Å². The van der Waals surface area contributed by atoms with Gasteiger partial charge in [-0.1, -0.05) is 24.3 Å². The third-order valence-electron chi connectivity index (χ3n) is 5.67. The molecule has 13 nitrogen and oxygen atoms in total. The van der Waals surface area contributed by atoms with E-state index in [9.17, 15) is 14.4 Å². The highest BCUT2D eigenvalue weighted by Gasteiger charge is 2.15. The van der Waals surface area contributed by atoms with Gasteiger partial charge in [0, 0.05) is 39.5 Å². The third-order valence-corrected chi connectivity index (χ3v) is 5.67. The van der Waals surface area contributed by atoms with E-state index < -0.39 is 0 Å². The Morgan fingerprint density at radius 3 is 2.53 bits per heavy atom. The number of aromatic amines is 1. The number of hydrogen-bond acceptors (Lipinski definition) is 10. The molecule has 2 aromatic heterocycles. The third kappa shape index (κ3) is 8.64. The number of imidazole rings is 1. The maximum Gasteiger partial charge on any atom is 0.328 e. The van der Waals surface area contributed by atoms with Crippen molar-refractivity contribution in [2.75, 3.05) is 52.4 Å². The lowest BCUT2D eigenvalue weighted by Gasteiger charge is -2.08. The van der Waals surface area contributed by atoms with Crippen LogP contribution in [0.5, 0.6) is 6.01 Å². The summed E-state index contributed by atoms with van der Waals surface area (Å²) in [6.07, 6.45) is 1.25. The fourth-order valence-electron chi connectivity index (χ4n) is 3.65. The first kappa shape index (κ1) is 28.8. The largest absolute Gasteiger partial charge is 0.461 e. The van der Waals surface area contributed by atoms with E-state index in [0.29, 0.717) is 56.9 Å². The fraction of sp³-hybridized carbons (Fsp3) is 0.480. The summed E-state index contributed by atoms with van der Waals surface area (Å²) >= 11 is 0. The van der Waals surface area contributed by atoms with Gasteiger partial charge in [-0.15, -0.1) is 0 Å². The van der Waals surface area contributed by atoms with Gasteiger partial charge in [0.25, 0.3) is 0 Å². The van der Waals surface area contributed by atoms with E-state index in [4.69, 9.17) is 25.7 Å². The molecule has 2 heterocycles. The van der Waals surface area contributed by atoms with Gasteiger partial charge in [0.05, 0.1) is 26.4 Å². The van der Waals surface area contributed by atoms with Crippen LogP contribution < -0.4 is 27.2 Å². The Balaban J connectivity index is 1.51. The zero-order valence-corrected chi connectivity index (χ0v) is 21.5. The summed E-state index contributed by atoms with van der Waals surface area (Å²) in [5.74, 6) is -0.0331. The van der Waals surface area contributed by atoms with E-state index in [0.717, 1.165) is 11.1 Å². The van der Waals surface area contributed by atoms with Crippen molar-refractivity contribution >= 4 is 28.7 Å². The number of ketones is 1. The Hall–Kier alpha value is -3.81. The molecule has 0 bridgehead atoms. The lowest BCUT2D eigenvalue weighted by molar-refractivity contribution is -0.125. The Bertz CT molecular complexity index is 1260. The molecule has 0 radical (unpaired) electrons. The number of nitrogens with one attached hydrogen (secondary N) is 2. The quantitative estimate of drug-likeness (QED) is 0.175. The molecule has 0 aliphatic rings. The molecular weight excluding hydrogens is 494 g/mol. The molecule has 206 valence electrons. The molecule has 0 unspecified atom stereocenters. The van der Waals surface area contributed by atoms with Crippen molar-refractivity contribution < 1.29 is 23.8 Å². The second-order valence-corrected chi connectivity index (χ2v) is 8.55. The molecule has 0 aliphatic carbocycles. The molecule has 0 saturated heterocycles. The highest BCUT2D eigenvalue weighted by Crippen LogP contribution is 2.19. The van der Waals surface area contributed by atoms with Crippen LogP contribution in [0.25, 0.3) is 11.2 Å². The first-order valence-electron chi connectivity index (χ1n) is 12.4. The molecular formula is C25H35N7O6. The normalized spacial score (nSPS) is 11.1. The molecule has 0 fully saturated rings. The van der Waals surface area contributed by atoms with Crippen molar-refractivity contribution in [2.45, 2.75) is 32.2 Å². The highest BCUT2D eigenvalue weighted by atomic mass is 16.5. The number of aromatic nitrogens is 4.